The number of thioether (sulfide) groups is 1. The van der Waals surface area contributed by atoms with Crippen molar-refractivity contribution in [3.8, 4) is 0 Å². The third-order valence-electron chi connectivity index (χ3n) is 5.91. The molecule has 3 heterocycles. The van der Waals surface area contributed by atoms with Gasteiger partial charge in [0.2, 0.25) is 0 Å². The number of rotatable bonds is 6. The van der Waals surface area contributed by atoms with Crippen molar-refractivity contribution >= 4 is 35.3 Å². The predicted octanol–water partition coefficient (Wildman–Crippen LogP) is 3.42. The monoisotopic (exact) mass is 523 g/mol. The largest absolute Gasteiger partial charge is 0.446 e. The van der Waals surface area contributed by atoms with Gasteiger partial charge < -0.3 is 9.64 Å². The minimum Gasteiger partial charge on any atom is -0.379 e. The molecule has 2 aliphatic rings. The summed E-state index contributed by atoms with van der Waals surface area (Å²) < 4.78 is 43.2. The SMILES string of the molecule is CC1(C)C(=O)N(c2ccc(SC(F)(F)F)cc2)C(=O)N1Cc1ccncc1C(=O)NN1CCOCC1. The number of benzene rings is 1. The number of hydrogen-bond acceptors (Lipinski definition) is 7. The van der Waals surface area contributed by atoms with Crippen LogP contribution < -0.4 is 10.3 Å². The lowest BCUT2D eigenvalue weighted by molar-refractivity contribution is -0.123. The zero-order valence-corrected chi connectivity index (χ0v) is 20.4. The number of pyridine rings is 1. The number of aromatic nitrogens is 1. The molecule has 0 bridgehead atoms. The maximum Gasteiger partial charge on any atom is 0.446 e. The predicted molar refractivity (Wildman–Crippen MR) is 125 cm³/mol. The molecule has 36 heavy (non-hydrogen) atoms. The lowest BCUT2D eigenvalue weighted by atomic mass is 10.0. The Labute approximate surface area is 209 Å². The fraction of sp³-hybridized carbons (Fsp3) is 0.391. The summed E-state index contributed by atoms with van der Waals surface area (Å²) in [6.07, 6.45) is 2.89. The third-order valence-corrected chi connectivity index (χ3v) is 6.65. The Hall–Kier alpha value is -3.16. The van der Waals surface area contributed by atoms with Gasteiger partial charge in [0.1, 0.15) is 5.54 Å². The van der Waals surface area contributed by atoms with Crippen molar-refractivity contribution in [3.63, 3.8) is 0 Å². The number of imide groups is 1. The van der Waals surface area contributed by atoms with E-state index in [0.29, 0.717) is 31.9 Å². The molecule has 0 atom stereocenters. The first-order valence-corrected chi connectivity index (χ1v) is 11.9. The maximum atomic E-state index is 13.4. The number of hydrazine groups is 1. The van der Waals surface area contributed by atoms with E-state index in [1.807, 2.05) is 0 Å². The van der Waals surface area contributed by atoms with Crippen molar-refractivity contribution < 1.29 is 32.3 Å². The molecule has 1 aromatic heterocycles. The summed E-state index contributed by atoms with van der Waals surface area (Å²) in [7, 11) is 0. The molecule has 0 spiro atoms. The van der Waals surface area contributed by atoms with Crippen LogP contribution in [0.25, 0.3) is 0 Å². The Bertz CT molecular complexity index is 1150. The molecule has 2 fully saturated rings. The summed E-state index contributed by atoms with van der Waals surface area (Å²) in [6, 6.07) is 5.99. The number of anilines is 1. The van der Waals surface area contributed by atoms with Crippen LogP contribution in [0.15, 0.2) is 47.6 Å². The fourth-order valence-corrected chi connectivity index (χ4v) is 4.48. The molecule has 1 aromatic carbocycles. The van der Waals surface area contributed by atoms with E-state index in [4.69, 9.17) is 4.74 Å². The van der Waals surface area contributed by atoms with Gasteiger partial charge in [-0.15, -0.1) is 0 Å². The second kappa shape index (κ2) is 10.1. The summed E-state index contributed by atoms with van der Waals surface area (Å²) in [5, 5.41) is 1.74. The number of morpholine rings is 1. The maximum absolute atomic E-state index is 13.4. The zero-order valence-electron chi connectivity index (χ0n) is 19.5. The average molecular weight is 524 g/mol. The number of ether oxygens (including phenoxy) is 1. The quantitative estimate of drug-likeness (QED) is 0.458. The van der Waals surface area contributed by atoms with Crippen LogP contribution in [0, 0.1) is 0 Å². The molecule has 0 radical (unpaired) electrons. The third kappa shape index (κ3) is 5.47. The molecule has 0 aliphatic carbocycles. The highest BCUT2D eigenvalue weighted by Crippen LogP contribution is 2.39. The van der Waals surface area contributed by atoms with Gasteiger partial charge >= 0.3 is 11.5 Å². The number of nitrogens with one attached hydrogen (secondary N) is 1. The van der Waals surface area contributed by atoms with Crippen molar-refractivity contribution in [2.75, 3.05) is 31.2 Å². The van der Waals surface area contributed by atoms with Crippen LogP contribution in [0.2, 0.25) is 0 Å². The summed E-state index contributed by atoms with van der Waals surface area (Å²) in [5.74, 6) is -0.928. The first kappa shape index (κ1) is 25.9. The second-order valence-electron chi connectivity index (χ2n) is 8.68. The Kier molecular flexibility index (Phi) is 7.25. The van der Waals surface area contributed by atoms with E-state index in [2.05, 4.69) is 10.4 Å². The highest BCUT2D eigenvalue weighted by molar-refractivity contribution is 8.00. The Morgan fingerprint density at radius 2 is 1.81 bits per heavy atom. The van der Waals surface area contributed by atoms with E-state index in [1.54, 1.807) is 24.9 Å². The van der Waals surface area contributed by atoms with Crippen LogP contribution >= 0.6 is 11.8 Å². The molecule has 2 aromatic rings. The first-order chi connectivity index (χ1) is 17.0. The van der Waals surface area contributed by atoms with Crippen LogP contribution in [-0.2, 0) is 16.1 Å². The fourth-order valence-electron chi connectivity index (χ4n) is 3.94. The molecule has 192 valence electrons. The Morgan fingerprint density at radius 3 is 2.44 bits per heavy atom. The van der Waals surface area contributed by atoms with Gasteiger partial charge in [-0.25, -0.2) is 14.7 Å². The molecule has 0 unspecified atom stereocenters. The van der Waals surface area contributed by atoms with E-state index in [1.165, 1.54) is 41.6 Å². The summed E-state index contributed by atoms with van der Waals surface area (Å²) in [6.45, 7) is 5.15. The van der Waals surface area contributed by atoms with Crippen LogP contribution in [0.4, 0.5) is 23.7 Å². The zero-order chi connectivity index (χ0) is 26.1. The number of alkyl halides is 3. The van der Waals surface area contributed by atoms with Crippen molar-refractivity contribution in [2.45, 2.75) is 36.3 Å². The van der Waals surface area contributed by atoms with Gasteiger partial charge in [-0.1, -0.05) is 0 Å². The molecule has 13 heteroatoms. The van der Waals surface area contributed by atoms with Crippen molar-refractivity contribution in [1.29, 1.82) is 0 Å². The number of carbonyl (C=O) groups is 3. The van der Waals surface area contributed by atoms with Gasteiger partial charge in [0, 0.05) is 36.9 Å². The minimum atomic E-state index is -4.45. The van der Waals surface area contributed by atoms with Gasteiger partial charge in [-0.3, -0.25) is 20.0 Å². The van der Waals surface area contributed by atoms with Crippen molar-refractivity contribution in [1.82, 2.24) is 20.3 Å². The topological polar surface area (TPSA) is 95.1 Å². The number of halogens is 3. The lowest BCUT2D eigenvalue weighted by Crippen LogP contribution is -2.48. The Morgan fingerprint density at radius 1 is 1.14 bits per heavy atom. The van der Waals surface area contributed by atoms with Gasteiger partial charge in [0.15, 0.2) is 0 Å². The van der Waals surface area contributed by atoms with E-state index >= 15 is 0 Å². The molecule has 2 aliphatic heterocycles. The first-order valence-electron chi connectivity index (χ1n) is 11.1. The average Bonchev–Trinajstić information content (AvgIpc) is 2.99. The molecule has 1 N–H and O–H groups in total. The van der Waals surface area contributed by atoms with Crippen molar-refractivity contribution in [3.05, 3.63) is 53.9 Å². The van der Waals surface area contributed by atoms with Gasteiger partial charge in [-0.2, -0.15) is 13.2 Å². The second-order valence-corrected chi connectivity index (χ2v) is 9.82. The smallest absolute Gasteiger partial charge is 0.379 e. The standard InChI is InChI=1S/C23H24F3N5O4S/c1-22(2)20(33)31(16-3-5-17(6-4-16)36-23(24,25)26)21(34)30(22)14-15-7-8-27-13-18(15)19(32)28-29-9-11-35-12-10-29/h3-8,13H,9-12,14H2,1-2H3,(H,28,32). The summed E-state index contributed by atoms with van der Waals surface area (Å²) in [5.41, 5.74) is -2.00. The van der Waals surface area contributed by atoms with Crippen LogP contribution in [0.3, 0.4) is 0 Å². The number of nitrogens with zero attached hydrogens (tertiary/aromatic N) is 4. The normalized spacial score (nSPS) is 18.6. The van der Waals surface area contributed by atoms with E-state index in [9.17, 15) is 27.6 Å². The molecule has 4 rings (SSSR count). The number of hydrogen-bond donors (Lipinski definition) is 1. The van der Waals surface area contributed by atoms with Gasteiger partial charge in [0.05, 0.1) is 24.5 Å². The molecule has 2 saturated heterocycles. The van der Waals surface area contributed by atoms with Gasteiger partial charge in [-0.05, 0) is 61.5 Å². The summed E-state index contributed by atoms with van der Waals surface area (Å²) in [4.78, 5) is 45.7. The Balaban J connectivity index is 1.55. The van der Waals surface area contributed by atoms with E-state index in [-0.39, 0.29) is 34.5 Å². The molecular weight excluding hydrogens is 499 g/mol. The molecule has 0 saturated carbocycles. The summed E-state index contributed by atoms with van der Waals surface area (Å²) >= 11 is -0.281. The molecule has 9 nitrogen and oxygen atoms in total. The van der Waals surface area contributed by atoms with Crippen LogP contribution in [0.5, 0.6) is 0 Å². The highest BCUT2D eigenvalue weighted by atomic mass is 32.2. The number of urea groups is 1. The van der Waals surface area contributed by atoms with Crippen molar-refractivity contribution in [2.24, 2.45) is 0 Å². The van der Waals surface area contributed by atoms with Crippen LogP contribution in [0.1, 0.15) is 29.8 Å². The minimum absolute atomic E-state index is 0.0511. The lowest BCUT2D eigenvalue weighted by Gasteiger charge is -2.29. The molecule has 4 amide bonds. The van der Waals surface area contributed by atoms with E-state index in [0.717, 1.165) is 4.90 Å². The molecular formula is C23H24F3N5O4S. The number of amides is 4. The number of carbonyl (C=O) groups excluding carboxylic acids is 3. The highest BCUT2D eigenvalue weighted by Gasteiger charge is 2.52. The van der Waals surface area contributed by atoms with E-state index < -0.39 is 28.9 Å². The van der Waals surface area contributed by atoms with Crippen LogP contribution in [-0.4, -0.2) is 70.1 Å². The van der Waals surface area contributed by atoms with Gasteiger partial charge in [0.25, 0.3) is 11.8 Å².